The summed E-state index contributed by atoms with van der Waals surface area (Å²) in [5.74, 6) is 2.05. The lowest BCUT2D eigenvalue weighted by Gasteiger charge is -2.07. The lowest BCUT2D eigenvalue weighted by molar-refractivity contribution is 0.573. The highest BCUT2D eigenvalue weighted by Gasteiger charge is 2.44. The summed E-state index contributed by atoms with van der Waals surface area (Å²) in [5, 5.41) is 3.23. The van der Waals surface area contributed by atoms with E-state index in [1.165, 1.54) is 6.42 Å². The molecule has 1 aliphatic carbocycles. The largest absolute Gasteiger partial charge is 0.383 e. The highest BCUT2D eigenvalue weighted by molar-refractivity contribution is 5.48. The Morgan fingerprint density at radius 1 is 1.47 bits per heavy atom. The van der Waals surface area contributed by atoms with Crippen LogP contribution in [0.3, 0.4) is 0 Å². The molecule has 5 N–H and O–H groups in total. The molecule has 1 heterocycles. The average Bonchev–Trinajstić information content (AvgIpc) is 2.69. The van der Waals surface area contributed by atoms with Crippen LogP contribution < -0.4 is 16.8 Å². The second-order valence-electron chi connectivity index (χ2n) is 4.81. The highest BCUT2D eigenvalue weighted by atomic mass is 15.1. The first-order valence-corrected chi connectivity index (χ1v) is 5.11. The third kappa shape index (κ3) is 2.29. The lowest BCUT2D eigenvalue weighted by Crippen LogP contribution is -2.10. The first kappa shape index (κ1) is 10.0. The molecule has 82 valence electrons. The number of hydrogen-bond acceptors (Lipinski definition) is 5. The van der Waals surface area contributed by atoms with E-state index in [1.54, 1.807) is 6.07 Å². The summed E-state index contributed by atoms with van der Waals surface area (Å²) in [6, 6.07) is 1.70. The van der Waals surface area contributed by atoms with E-state index < -0.39 is 0 Å². The summed E-state index contributed by atoms with van der Waals surface area (Å²) < 4.78 is 0. The predicted molar refractivity (Wildman–Crippen MR) is 61.2 cm³/mol. The number of anilines is 3. The molecule has 1 saturated carbocycles. The second kappa shape index (κ2) is 3.25. The van der Waals surface area contributed by atoms with Crippen molar-refractivity contribution in [3.05, 3.63) is 6.07 Å². The van der Waals surface area contributed by atoms with Gasteiger partial charge in [-0.15, -0.1) is 0 Å². The van der Waals surface area contributed by atoms with Crippen molar-refractivity contribution in [1.29, 1.82) is 0 Å². The zero-order valence-electron chi connectivity index (χ0n) is 9.12. The van der Waals surface area contributed by atoms with Gasteiger partial charge in [0.2, 0.25) is 5.95 Å². The quantitative estimate of drug-likeness (QED) is 0.690. The van der Waals surface area contributed by atoms with Crippen molar-refractivity contribution < 1.29 is 0 Å². The maximum atomic E-state index is 5.56. The predicted octanol–water partition coefficient (Wildman–Crippen LogP) is 1.10. The molecule has 1 aromatic heterocycles. The van der Waals surface area contributed by atoms with Gasteiger partial charge in [0.25, 0.3) is 0 Å². The van der Waals surface area contributed by atoms with Crippen molar-refractivity contribution in [2.24, 2.45) is 11.3 Å². The Morgan fingerprint density at radius 3 is 2.67 bits per heavy atom. The third-order valence-corrected chi connectivity index (χ3v) is 3.01. The maximum Gasteiger partial charge on any atom is 0.223 e. The molecule has 5 heteroatoms. The van der Waals surface area contributed by atoms with Crippen molar-refractivity contribution in [1.82, 2.24) is 9.97 Å². The van der Waals surface area contributed by atoms with Crippen LogP contribution in [-0.4, -0.2) is 16.5 Å². The minimum atomic E-state index is 0.215. The Labute approximate surface area is 89.3 Å². The number of rotatable bonds is 3. The van der Waals surface area contributed by atoms with Crippen molar-refractivity contribution in [2.75, 3.05) is 23.3 Å². The first-order chi connectivity index (χ1) is 6.97. The van der Waals surface area contributed by atoms with Crippen LogP contribution in [0.25, 0.3) is 0 Å². The van der Waals surface area contributed by atoms with E-state index in [9.17, 15) is 0 Å². The lowest BCUT2D eigenvalue weighted by atomic mass is 10.1. The smallest absolute Gasteiger partial charge is 0.223 e. The van der Waals surface area contributed by atoms with Gasteiger partial charge in [-0.05, 0) is 17.8 Å². The molecule has 0 saturated heterocycles. The monoisotopic (exact) mass is 207 g/mol. The summed E-state index contributed by atoms with van der Waals surface area (Å²) in [5.41, 5.74) is 11.5. The molecule has 2 rings (SSSR count). The van der Waals surface area contributed by atoms with E-state index in [2.05, 4.69) is 29.1 Å². The van der Waals surface area contributed by atoms with Crippen LogP contribution in [0.15, 0.2) is 6.07 Å². The first-order valence-electron chi connectivity index (χ1n) is 5.11. The normalized spacial score (nSPS) is 22.4. The van der Waals surface area contributed by atoms with Crippen LogP contribution in [0.4, 0.5) is 17.6 Å². The van der Waals surface area contributed by atoms with Gasteiger partial charge in [0.1, 0.15) is 11.6 Å². The number of hydrogen-bond donors (Lipinski definition) is 3. The van der Waals surface area contributed by atoms with Crippen LogP contribution in [0.2, 0.25) is 0 Å². The Balaban J connectivity index is 1.94. The molecule has 15 heavy (non-hydrogen) atoms. The van der Waals surface area contributed by atoms with Crippen molar-refractivity contribution >= 4 is 17.6 Å². The molecule has 1 atom stereocenters. The minimum absolute atomic E-state index is 0.215. The minimum Gasteiger partial charge on any atom is -0.383 e. The van der Waals surface area contributed by atoms with Gasteiger partial charge in [-0.25, -0.2) is 0 Å². The van der Waals surface area contributed by atoms with Gasteiger partial charge in [-0.3, -0.25) is 0 Å². The van der Waals surface area contributed by atoms with Crippen LogP contribution in [0.5, 0.6) is 0 Å². The number of aromatic nitrogens is 2. The van der Waals surface area contributed by atoms with Crippen LogP contribution in [-0.2, 0) is 0 Å². The molecule has 0 aromatic carbocycles. The number of nitrogens with two attached hydrogens (primary N) is 2. The maximum absolute atomic E-state index is 5.56. The number of nitrogens with zero attached hydrogens (tertiary/aromatic N) is 2. The van der Waals surface area contributed by atoms with E-state index in [0.717, 1.165) is 12.5 Å². The number of nitrogens with one attached hydrogen (secondary N) is 1. The molecular formula is C10H17N5. The molecule has 1 aliphatic rings. The SMILES string of the molecule is CC1(C)CC1CNc1cc(N)nc(N)n1. The summed E-state index contributed by atoms with van der Waals surface area (Å²) in [7, 11) is 0. The Morgan fingerprint density at radius 2 is 2.13 bits per heavy atom. The average molecular weight is 207 g/mol. The summed E-state index contributed by atoms with van der Waals surface area (Å²) in [4.78, 5) is 7.87. The van der Waals surface area contributed by atoms with Crippen LogP contribution in [0.1, 0.15) is 20.3 Å². The van der Waals surface area contributed by atoms with Crippen molar-refractivity contribution in [3.8, 4) is 0 Å². The van der Waals surface area contributed by atoms with E-state index in [0.29, 0.717) is 17.1 Å². The Hall–Kier alpha value is -1.52. The van der Waals surface area contributed by atoms with Crippen molar-refractivity contribution in [3.63, 3.8) is 0 Å². The van der Waals surface area contributed by atoms with Gasteiger partial charge < -0.3 is 16.8 Å². The zero-order chi connectivity index (χ0) is 11.1. The van der Waals surface area contributed by atoms with Crippen molar-refractivity contribution in [2.45, 2.75) is 20.3 Å². The summed E-state index contributed by atoms with van der Waals surface area (Å²) in [6.45, 7) is 5.45. The van der Waals surface area contributed by atoms with Gasteiger partial charge in [0.05, 0.1) is 0 Å². The van der Waals surface area contributed by atoms with Gasteiger partial charge >= 0.3 is 0 Å². The van der Waals surface area contributed by atoms with Gasteiger partial charge in [-0.2, -0.15) is 9.97 Å². The topological polar surface area (TPSA) is 89.8 Å². The molecular weight excluding hydrogens is 190 g/mol. The molecule has 0 amide bonds. The summed E-state index contributed by atoms with van der Waals surface area (Å²) in [6.07, 6.45) is 1.26. The summed E-state index contributed by atoms with van der Waals surface area (Å²) >= 11 is 0. The van der Waals surface area contributed by atoms with Crippen LogP contribution in [0, 0.1) is 11.3 Å². The van der Waals surface area contributed by atoms with Gasteiger partial charge in [0, 0.05) is 12.6 Å². The van der Waals surface area contributed by atoms with E-state index in [-0.39, 0.29) is 5.95 Å². The Bertz CT molecular complexity index is 354. The van der Waals surface area contributed by atoms with Gasteiger partial charge in [-0.1, -0.05) is 13.8 Å². The molecule has 5 nitrogen and oxygen atoms in total. The van der Waals surface area contributed by atoms with E-state index in [1.807, 2.05) is 0 Å². The molecule has 0 radical (unpaired) electrons. The fourth-order valence-electron chi connectivity index (χ4n) is 1.73. The van der Waals surface area contributed by atoms with Crippen LogP contribution >= 0.6 is 0 Å². The van der Waals surface area contributed by atoms with Gasteiger partial charge in [0.15, 0.2) is 0 Å². The highest BCUT2D eigenvalue weighted by Crippen LogP contribution is 2.51. The molecule has 1 unspecified atom stereocenters. The Kier molecular flexibility index (Phi) is 2.17. The second-order valence-corrected chi connectivity index (χ2v) is 4.81. The van der Waals surface area contributed by atoms with E-state index in [4.69, 9.17) is 11.5 Å². The molecule has 0 spiro atoms. The zero-order valence-corrected chi connectivity index (χ0v) is 9.12. The molecule has 1 aromatic rings. The third-order valence-electron chi connectivity index (χ3n) is 3.01. The molecule has 0 bridgehead atoms. The molecule has 1 fully saturated rings. The molecule has 0 aliphatic heterocycles. The fraction of sp³-hybridized carbons (Fsp3) is 0.600. The number of nitrogen functional groups attached to an aromatic ring is 2. The standard InChI is InChI=1S/C10H17N5/c1-10(2)4-6(10)5-13-8-3-7(11)14-9(12)15-8/h3,6H,4-5H2,1-2H3,(H5,11,12,13,14,15). The fourth-order valence-corrected chi connectivity index (χ4v) is 1.73. The van der Waals surface area contributed by atoms with E-state index >= 15 is 0 Å².